The first-order valence-corrected chi connectivity index (χ1v) is 7.59. The molecule has 0 aromatic rings. The van der Waals surface area contributed by atoms with Gasteiger partial charge in [0.2, 0.25) is 17.5 Å². The Morgan fingerprint density at radius 2 is 2.05 bits per heavy atom. The summed E-state index contributed by atoms with van der Waals surface area (Å²) in [7, 11) is 0. The molecule has 2 rings (SSSR count). The largest absolute Gasteiger partial charge is 0.370 e. The molecule has 9 heteroatoms. The summed E-state index contributed by atoms with van der Waals surface area (Å²) in [6.45, 7) is 4.88. The zero-order valence-electron chi connectivity index (χ0n) is 13.0. The van der Waals surface area contributed by atoms with E-state index in [9.17, 15) is 9.59 Å². The number of carbonyl (C=O) groups excluding carboxylic acids is 2. The summed E-state index contributed by atoms with van der Waals surface area (Å²) in [5.74, 6) is -0.385. The van der Waals surface area contributed by atoms with Crippen LogP contribution in [0, 0.1) is 5.92 Å². The van der Waals surface area contributed by atoms with Crippen LogP contribution in [0.25, 0.3) is 0 Å². The van der Waals surface area contributed by atoms with Gasteiger partial charge in [0.15, 0.2) is 0 Å². The monoisotopic (exact) mass is 309 g/mol. The van der Waals surface area contributed by atoms with Crippen molar-refractivity contribution in [1.29, 1.82) is 0 Å². The van der Waals surface area contributed by atoms with Gasteiger partial charge in [-0.25, -0.2) is 0 Å². The predicted molar refractivity (Wildman–Crippen MR) is 78.7 cm³/mol. The third kappa shape index (κ3) is 3.85. The quantitative estimate of drug-likeness (QED) is 0.638. The fraction of sp³-hybridized carbons (Fsp3) is 0.846. The van der Waals surface area contributed by atoms with E-state index < -0.39 is 17.6 Å². The molecule has 0 radical (unpaired) electrons. The number of nitrogens with one attached hydrogen (secondary N) is 2. The average Bonchev–Trinajstić information content (AvgIpc) is 3.07. The lowest BCUT2D eigenvalue weighted by Crippen LogP contribution is -2.55. The van der Waals surface area contributed by atoms with Crippen LogP contribution in [0.3, 0.4) is 0 Å². The van der Waals surface area contributed by atoms with Crippen LogP contribution in [0.1, 0.15) is 39.5 Å². The van der Waals surface area contributed by atoms with Crippen LogP contribution in [0.5, 0.6) is 0 Å². The van der Waals surface area contributed by atoms with Gasteiger partial charge < -0.3 is 16.4 Å². The molecule has 22 heavy (non-hydrogen) atoms. The highest BCUT2D eigenvalue weighted by Crippen LogP contribution is 2.31. The number of rotatable bonds is 7. The summed E-state index contributed by atoms with van der Waals surface area (Å²) in [4.78, 5) is 23.8. The van der Waals surface area contributed by atoms with Crippen molar-refractivity contribution in [3.63, 3.8) is 0 Å². The van der Waals surface area contributed by atoms with Crippen molar-refractivity contribution in [3.8, 4) is 0 Å². The van der Waals surface area contributed by atoms with E-state index in [1.165, 1.54) is 0 Å². The van der Waals surface area contributed by atoms with Gasteiger partial charge >= 0.3 is 0 Å². The molecule has 0 aromatic carbocycles. The number of nitrogens with two attached hydrogens (primary N) is 1. The molecule has 2 unspecified atom stereocenters. The van der Waals surface area contributed by atoms with E-state index in [1.807, 2.05) is 13.8 Å². The topological polar surface area (TPSA) is 134 Å². The van der Waals surface area contributed by atoms with Crippen molar-refractivity contribution in [2.75, 3.05) is 6.54 Å². The van der Waals surface area contributed by atoms with E-state index in [1.54, 1.807) is 0 Å². The summed E-state index contributed by atoms with van der Waals surface area (Å²) < 4.78 is 0. The van der Waals surface area contributed by atoms with Crippen LogP contribution in [-0.2, 0) is 9.59 Å². The van der Waals surface area contributed by atoms with Gasteiger partial charge in [0, 0.05) is 0 Å². The lowest BCUT2D eigenvalue weighted by molar-refractivity contribution is -0.125. The van der Waals surface area contributed by atoms with Gasteiger partial charge in [-0.1, -0.05) is 13.8 Å². The molecular formula is C13H23N7O2. The van der Waals surface area contributed by atoms with E-state index in [4.69, 9.17) is 5.73 Å². The Morgan fingerprint density at radius 3 is 2.55 bits per heavy atom. The first kappa shape index (κ1) is 16.5. The SMILES string of the molecule is CC(C)CC(NC(=O)C1CCCN1)C1(CC(N)=O)N=NN=N1. The van der Waals surface area contributed by atoms with Crippen molar-refractivity contribution in [2.45, 2.75) is 57.3 Å². The van der Waals surface area contributed by atoms with Crippen molar-refractivity contribution in [1.82, 2.24) is 10.6 Å². The van der Waals surface area contributed by atoms with Crippen LogP contribution < -0.4 is 16.4 Å². The van der Waals surface area contributed by atoms with E-state index in [0.717, 1.165) is 19.4 Å². The maximum atomic E-state index is 12.4. The number of amides is 2. The summed E-state index contributed by atoms with van der Waals surface area (Å²) in [6.07, 6.45) is 2.24. The van der Waals surface area contributed by atoms with Gasteiger partial charge in [-0.15, -0.1) is 10.2 Å². The molecule has 2 amide bonds. The minimum atomic E-state index is -1.22. The normalized spacial score (nSPS) is 23.9. The minimum absolute atomic E-state index is 0.107. The number of nitrogens with zero attached hydrogens (tertiary/aromatic N) is 4. The molecule has 2 aliphatic heterocycles. The lowest BCUT2D eigenvalue weighted by atomic mass is 9.90. The van der Waals surface area contributed by atoms with Gasteiger partial charge in [0.25, 0.3) is 0 Å². The van der Waals surface area contributed by atoms with Crippen LogP contribution in [0.4, 0.5) is 0 Å². The lowest BCUT2D eigenvalue weighted by Gasteiger charge is -2.31. The van der Waals surface area contributed by atoms with Crippen LogP contribution >= 0.6 is 0 Å². The fourth-order valence-electron chi connectivity index (χ4n) is 2.82. The maximum absolute atomic E-state index is 12.4. The van der Waals surface area contributed by atoms with E-state index in [0.29, 0.717) is 6.42 Å². The van der Waals surface area contributed by atoms with E-state index in [-0.39, 0.29) is 24.3 Å². The third-order valence-corrected chi connectivity index (χ3v) is 3.87. The summed E-state index contributed by atoms with van der Waals surface area (Å²) in [6, 6.07) is -0.680. The number of primary amides is 1. The van der Waals surface area contributed by atoms with Crippen molar-refractivity contribution >= 4 is 11.8 Å². The second kappa shape index (κ2) is 6.91. The molecule has 0 saturated carbocycles. The summed E-state index contributed by atoms with van der Waals surface area (Å²) in [5, 5.41) is 21.2. The molecule has 2 heterocycles. The van der Waals surface area contributed by atoms with Gasteiger partial charge in [0.05, 0.1) is 18.5 Å². The molecule has 0 aliphatic carbocycles. The Labute approximate surface area is 129 Å². The molecule has 9 nitrogen and oxygen atoms in total. The van der Waals surface area contributed by atoms with Gasteiger partial charge in [-0.2, -0.15) is 0 Å². The highest BCUT2D eigenvalue weighted by Gasteiger charge is 2.45. The molecule has 1 fully saturated rings. The van der Waals surface area contributed by atoms with Crippen molar-refractivity contribution in [3.05, 3.63) is 0 Å². The average molecular weight is 309 g/mol. The van der Waals surface area contributed by atoms with Crippen LogP contribution in [0.2, 0.25) is 0 Å². The number of carbonyl (C=O) groups is 2. The molecular weight excluding hydrogens is 286 g/mol. The molecule has 0 spiro atoms. The van der Waals surface area contributed by atoms with Gasteiger partial charge in [-0.05, 0) is 42.2 Å². The zero-order chi connectivity index (χ0) is 16.2. The Morgan fingerprint density at radius 1 is 1.36 bits per heavy atom. The molecule has 122 valence electrons. The second-order valence-electron chi connectivity index (χ2n) is 6.24. The maximum Gasteiger partial charge on any atom is 0.237 e. The first-order valence-electron chi connectivity index (χ1n) is 7.59. The smallest absolute Gasteiger partial charge is 0.237 e. The standard InChI is InChI=1S/C13H23N7O2/c1-8(2)6-10(16-12(22)9-4-3-5-15-9)13(7-11(14)21)17-19-20-18-13/h8-10,15H,3-7H2,1-2H3,(H2,14,21)(H,16,22). The number of hydrogen-bond acceptors (Lipinski definition) is 7. The van der Waals surface area contributed by atoms with Gasteiger partial charge in [0.1, 0.15) is 0 Å². The zero-order valence-corrected chi connectivity index (χ0v) is 13.0. The summed E-state index contributed by atoms with van der Waals surface area (Å²) in [5.41, 5.74) is 4.09. The van der Waals surface area contributed by atoms with Crippen molar-refractivity contribution < 1.29 is 9.59 Å². The van der Waals surface area contributed by atoms with Crippen LogP contribution in [0.15, 0.2) is 20.7 Å². The molecule has 2 aliphatic rings. The van der Waals surface area contributed by atoms with E-state index >= 15 is 0 Å². The highest BCUT2D eigenvalue weighted by molar-refractivity contribution is 5.82. The minimum Gasteiger partial charge on any atom is -0.370 e. The Kier molecular flexibility index (Phi) is 5.17. The molecule has 0 bridgehead atoms. The Hall–Kier alpha value is -1.90. The summed E-state index contributed by atoms with van der Waals surface area (Å²) >= 11 is 0. The molecule has 4 N–H and O–H groups in total. The third-order valence-electron chi connectivity index (χ3n) is 3.87. The fourth-order valence-corrected chi connectivity index (χ4v) is 2.82. The molecule has 2 atom stereocenters. The Balaban J connectivity index is 2.16. The van der Waals surface area contributed by atoms with Crippen molar-refractivity contribution in [2.24, 2.45) is 32.3 Å². The first-order chi connectivity index (χ1) is 10.4. The van der Waals surface area contributed by atoms with Crippen LogP contribution in [-0.4, -0.2) is 36.1 Å². The predicted octanol–water partition coefficient (Wildman–Crippen LogP) is 0.674. The van der Waals surface area contributed by atoms with E-state index in [2.05, 4.69) is 31.3 Å². The second-order valence-corrected chi connectivity index (χ2v) is 6.24. The molecule has 0 aromatic heterocycles. The van der Waals surface area contributed by atoms with Gasteiger partial charge in [-0.3, -0.25) is 9.59 Å². The Bertz CT molecular complexity index is 471. The highest BCUT2D eigenvalue weighted by atomic mass is 16.2. The molecule has 1 saturated heterocycles. The number of hydrogen-bond donors (Lipinski definition) is 3.